The Bertz CT molecular complexity index is 1400. The number of ketones is 1. The van der Waals surface area contributed by atoms with Crippen LogP contribution in [0.25, 0.3) is 22.0 Å². The first-order chi connectivity index (χ1) is 14.0. The molecule has 0 aliphatic heterocycles. The fourth-order valence-electron chi connectivity index (χ4n) is 4.09. The van der Waals surface area contributed by atoms with E-state index >= 15 is 0 Å². The zero-order valence-corrected chi connectivity index (χ0v) is 16.9. The number of benzene rings is 3. The lowest BCUT2D eigenvalue weighted by molar-refractivity contribution is 0.104. The highest BCUT2D eigenvalue weighted by atomic mass is 32.1. The van der Waals surface area contributed by atoms with E-state index in [9.17, 15) is 9.59 Å². The van der Waals surface area contributed by atoms with E-state index in [1.54, 1.807) is 17.7 Å². The first-order valence-electron chi connectivity index (χ1n) is 9.33. The van der Waals surface area contributed by atoms with Crippen molar-refractivity contribution in [2.45, 2.75) is 11.8 Å². The Hall–Kier alpha value is -3.31. The third-order valence-corrected chi connectivity index (χ3v) is 5.86. The molecule has 0 saturated carbocycles. The maximum atomic E-state index is 13.5. The molecular formula is C24H18N2O2S. The van der Waals surface area contributed by atoms with Gasteiger partial charge in [-0.15, -0.1) is 12.6 Å². The van der Waals surface area contributed by atoms with Crippen LogP contribution in [-0.2, 0) is 7.05 Å². The van der Waals surface area contributed by atoms with E-state index in [1.807, 2.05) is 61.5 Å². The van der Waals surface area contributed by atoms with Crippen LogP contribution < -0.4 is 10.9 Å². The summed E-state index contributed by atoms with van der Waals surface area (Å²) in [5, 5.41) is 4.23. The number of carbonyl (C=O) groups excluding carboxylic acids is 1. The van der Waals surface area contributed by atoms with Gasteiger partial charge in [-0.2, -0.15) is 0 Å². The normalized spacial score (nSPS) is 12.2. The van der Waals surface area contributed by atoms with Crippen molar-refractivity contribution in [3.8, 4) is 11.1 Å². The number of nitrogens with one attached hydrogen (secondary N) is 1. The van der Waals surface area contributed by atoms with Crippen LogP contribution in [0.15, 0.2) is 70.4 Å². The number of aryl methyl sites for hydroxylation is 2. The van der Waals surface area contributed by atoms with Gasteiger partial charge in [-0.1, -0.05) is 24.3 Å². The number of aromatic nitrogens is 1. The summed E-state index contributed by atoms with van der Waals surface area (Å²) in [6.07, 6.45) is 0. The van der Waals surface area contributed by atoms with Gasteiger partial charge >= 0.3 is 0 Å². The smallest absolute Gasteiger partial charge is 0.251 e. The lowest BCUT2D eigenvalue weighted by Gasteiger charge is -2.24. The summed E-state index contributed by atoms with van der Waals surface area (Å²) < 4.78 is 1.59. The maximum Gasteiger partial charge on any atom is 0.251 e. The molecule has 5 rings (SSSR count). The molecule has 0 spiro atoms. The average molecular weight is 398 g/mol. The van der Waals surface area contributed by atoms with Gasteiger partial charge in [-0.25, -0.2) is 0 Å². The Morgan fingerprint density at radius 1 is 0.862 bits per heavy atom. The van der Waals surface area contributed by atoms with Gasteiger partial charge in [-0.05, 0) is 53.9 Å². The maximum absolute atomic E-state index is 13.5. The Kier molecular flexibility index (Phi) is 3.89. The summed E-state index contributed by atoms with van der Waals surface area (Å²) in [4.78, 5) is 26.9. The lowest BCUT2D eigenvalue weighted by Crippen LogP contribution is -2.21. The first kappa shape index (κ1) is 17.8. The fraction of sp³-hybridized carbons (Fsp3) is 0.0833. The molecule has 1 heterocycles. The molecule has 4 nitrogen and oxygen atoms in total. The Balaban J connectivity index is 1.84. The minimum atomic E-state index is -0.0940. The number of thiol groups is 1. The largest absolute Gasteiger partial charge is 0.355 e. The van der Waals surface area contributed by atoms with Gasteiger partial charge in [-0.3, -0.25) is 9.59 Å². The molecule has 0 radical (unpaired) electrons. The van der Waals surface area contributed by atoms with Crippen molar-refractivity contribution in [1.82, 2.24) is 4.57 Å². The van der Waals surface area contributed by atoms with E-state index in [4.69, 9.17) is 0 Å². The highest BCUT2D eigenvalue weighted by Crippen LogP contribution is 2.42. The third kappa shape index (κ3) is 2.62. The quantitative estimate of drug-likeness (QED) is 0.407. The Morgan fingerprint density at radius 2 is 1.59 bits per heavy atom. The minimum absolute atomic E-state index is 0.0386. The standard InChI is InChI=1S/C24H18N2O2S/c1-13-11-14(29)7-8-18(13)25-19-9-10-20-22-17(12-21(27)26(20)2)15-5-3-4-6-16(15)24(28)23(19)22/h3-12,25,29H,1-2H3. The molecule has 1 aliphatic rings. The van der Waals surface area contributed by atoms with Crippen molar-refractivity contribution in [2.24, 2.45) is 7.05 Å². The van der Waals surface area contributed by atoms with Crippen molar-refractivity contribution in [3.63, 3.8) is 0 Å². The number of anilines is 2. The number of fused-ring (bicyclic) bond motifs is 2. The van der Waals surface area contributed by atoms with Crippen LogP contribution in [0.1, 0.15) is 21.5 Å². The summed E-state index contributed by atoms with van der Waals surface area (Å²) >= 11 is 4.39. The highest BCUT2D eigenvalue weighted by Gasteiger charge is 2.29. The van der Waals surface area contributed by atoms with Gasteiger partial charge in [0.15, 0.2) is 5.78 Å². The molecule has 0 bridgehead atoms. The minimum Gasteiger partial charge on any atom is -0.355 e. The predicted molar refractivity (Wildman–Crippen MR) is 120 cm³/mol. The van der Waals surface area contributed by atoms with E-state index in [0.717, 1.165) is 43.9 Å². The summed E-state index contributed by atoms with van der Waals surface area (Å²) in [6, 6.07) is 18.7. The van der Waals surface area contributed by atoms with Crippen molar-refractivity contribution < 1.29 is 4.79 Å². The molecule has 0 fully saturated rings. The number of hydrogen-bond donors (Lipinski definition) is 2. The zero-order valence-electron chi connectivity index (χ0n) is 16.0. The fourth-order valence-corrected chi connectivity index (χ4v) is 4.36. The van der Waals surface area contributed by atoms with Crippen LogP contribution in [0.4, 0.5) is 11.4 Å². The van der Waals surface area contributed by atoms with E-state index in [0.29, 0.717) is 11.1 Å². The molecule has 4 aromatic rings. The third-order valence-electron chi connectivity index (χ3n) is 5.58. The second-order valence-electron chi connectivity index (χ2n) is 7.34. The Morgan fingerprint density at radius 3 is 2.34 bits per heavy atom. The van der Waals surface area contributed by atoms with Crippen molar-refractivity contribution in [1.29, 1.82) is 0 Å². The molecule has 1 aliphatic carbocycles. The topological polar surface area (TPSA) is 51.1 Å². The number of pyridine rings is 1. The predicted octanol–water partition coefficient (Wildman–Crippen LogP) is 5.09. The monoisotopic (exact) mass is 398 g/mol. The van der Waals surface area contributed by atoms with E-state index < -0.39 is 0 Å². The second kappa shape index (κ2) is 6.36. The average Bonchev–Trinajstić information content (AvgIpc) is 2.71. The summed E-state index contributed by atoms with van der Waals surface area (Å²) in [5.74, 6) is -0.0386. The molecular weight excluding hydrogens is 380 g/mol. The molecule has 0 unspecified atom stereocenters. The van der Waals surface area contributed by atoms with Gasteiger partial charge in [0.1, 0.15) is 0 Å². The highest BCUT2D eigenvalue weighted by molar-refractivity contribution is 7.80. The van der Waals surface area contributed by atoms with Crippen LogP contribution in [0.2, 0.25) is 0 Å². The summed E-state index contributed by atoms with van der Waals surface area (Å²) in [6.45, 7) is 2.00. The van der Waals surface area contributed by atoms with Gasteiger partial charge in [0.25, 0.3) is 5.56 Å². The van der Waals surface area contributed by atoms with Crippen LogP contribution in [0.3, 0.4) is 0 Å². The van der Waals surface area contributed by atoms with E-state index in [2.05, 4.69) is 17.9 Å². The number of rotatable bonds is 2. The van der Waals surface area contributed by atoms with E-state index in [1.165, 1.54) is 0 Å². The van der Waals surface area contributed by atoms with Gasteiger partial charge in [0.2, 0.25) is 0 Å². The van der Waals surface area contributed by atoms with Gasteiger partial charge < -0.3 is 9.88 Å². The van der Waals surface area contributed by atoms with Crippen molar-refractivity contribution >= 4 is 40.7 Å². The van der Waals surface area contributed by atoms with Crippen molar-refractivity contribution in [3.05, 3.63) is 87.7 Å². The second-order valence-corrected chi connectivity index (χ2v) is 7.85. The molecule has 0 amide bonds. The summed E-state index contributed by atoms with van der Waals surface area (Å²) in [7, 11) is 1.74. The van der Waals surface area contributed by atoms with Gasteiger partial charge in [0, 0.05) is 34.6 Å². The molecule has 0 saturated heterocycles. The number of carbonyl (C=O) groups is 1. The van der Waals surface area contributed by atoms with Crippen LogP contribution in [-0.4, -0.2) is 10.4 Å². The van der Waals surface area contributed by atoms with Crippen LogP contribution in [0, 0.1) is 6.92 Å². The first-order valence-corrected chi connectivity index (χ1v) is 9.78. The van der Waals surface area contributed by atoms with Crippen LogP contribution >= 0.6 is 12.6 Å². The van der Waals surface area contributed by atoms with Crippen molar-refractivity contribution in [2.75, 3.05) is 5.32 Å². The van der Waals surface area contributed by atoms with Gasteiger partial charge in [0.05, 0.1) is 16.8 Å². The molecule has 29 heavy (non-hydrogen) atoms. The SMILES string of the molecule is Cc1cc(S)ccc1Nc1ccc2c3c(cc(=O)n2C)-c2ccccc2C(=O)c13. The molecule has 1 N–H and O–H groups in total. The molecule has 3 aromatic carbocycles. The molecule has 5 heteroatoms. The Labute approximate surface area is 173 Å². The molecule has 1 aromatic heterocycles. The zero-order chi connectivity index (χ0) is 20.3. The molecule has 142 valence electrons. The van der Waals surface area contributed by atoms with Crippen LogP contribution in [0.5, 0.6) is 0 Å². The van der Waals surface area contributed by atoms with E-state index in [-0.39, 0.29) is 11.3 Å². The molecule has 0 atom stereocenters. The summed E-state index contributed by atoms with van der Waals surface area (Å²) in [5.41, 5.74) is 6.16. The number of nitrogens with zero attached hydrogens (tertiary/aromatic N) is 1. The number of hydrogen-bond acceptors (Lipinski definition) is 4. The lowest BCUT2D eigenvalue weighted by atomic mass is 9.83.